The maximum atomic E-state index is 6.38. The molecule has 8 aromatic carbocycles. The second kappa shape index (κ2) is 12.1. The molecule has 0 radical (unpaired) electrons. The van der Waals surface area contributed by atoms with Crippen LogP contribution in [0.15, 0.2) is 186 Å². The monoisotopic (exact) mass is 664 g/mol. The van der Waals surface area contributed by atoms with E-state index in [0.717, 1.165) is 23.0 Å². The number of rotatable bonds is 6. The zero-order valence-electron chi connectivity index (χ0n) is 29.0. The van der Waals surface area contributed by atoms with E-state index in [1.165, 1.54) is 77.4 Å². The predicted molar refractivity (Wildman–Crippen MR) is 218 cm³/mol. The van der Waals surface area contributed by atoms with Crippen molar-refractivity contribution in [2.45, 2.75) is 18.8 Å². The van der Waals surface area contributed by atoms with Gasteiger partial charge in [0.1, 0.15) is 11.2 Å². The van der Waals surface area contributed by atoms with Crippen molar-refractivity contribution in [2.24, 2.45) is 0 Å². The van der Waals surface area contributed by atoms with Crippen molar-refractivity contribution in [2.75, 3.05) is 0 Å². The Morgan fingerprint density at radius 3 is 1.88 bits per heavy atom. The minimum absolute atomic E-state index is 0.494. The zero-order valence-corrected chi connectivity index (χ0v) is 29.0. The fourth-order valence-electron chi connectivity index (χ4n) is 8.92. The van der Waals surface area contributed by atoms with Gasteiger partial charge in [-0.15, -0.1) is 0 Å². The molecule has 0 aliphatic heterocycles. The van der Waals surface area contributed by atoms with Crippen LogP contribution in [0.5, 0.6) is 0 Å². The van der Waals surface area contributed by atoms with Gasteiger partial charge in [-0.3, -0.25) is 0 Å². The van der Waals surface area contributed by atoms with E-state index < -0.39 is 5.41 Å². The fraction of sp³-hybridized carbons (Fsp3) is 0.0588. The number of fused-ring (bicyclic) bond motifs is 8. The molecule has 9 aromatic rings. The third kappa shape index (κ3) is 4.63. The lowest BCUT2D eigenvalue weighted by atomic mass is 9.67. The van der Waals surface area contributed by atoms with E-state index >= 15 is 0 Å². The van der Waals surface area contributed by atoms with Gasteiger partial charge in [0, 0.05) is 10.8 Å². The summed E-state index contributed by atoms with van der Waals surface area (Å²) in [6.07, 6.45) is 3.21. The van der Waals surface area contributed by atoms with Gasteiger partial charge in [0.25, 0.3) is 0 Å². The zero-order chi connectivity index (χ0) is 34.6. The Hall–Kier alpha value is -6.44. The molecule has 0 amide bonds. The van der Waals surface area contributed by atoms with E-state index in [1.54, 1.807) is 0 Å². The van der Waals surface area contributed by atoms with E-state index in [0.29, 0.717) is 0 Å². The summed E-state index contributed by atoms with van der Waals surface area (Å²) in [4.78, 5) is 0. The standard InChI is InChI=1S/C51H36O/c1-34-30-46-49(42-23-12-11-22-40(34)42)43-29-28-36(33-45(43)51(46,38-18-7-3-8-19-38)39-20-9-4-10-21-39)32-37(31-35-16-5-2-6-17-35)41-25-15-27-48-50(41)44-24-13-14-26-47(44)52-48/h2-30,32-33H,31H2,1H3/b37-32-. The highest BCUT2D eigenvalue weighted by atomic mass is 16.3. The molecule has 1 aliphatic carbocycles. The minimum atomic E-state index is -0.494. The van der Waals surface area contributed by atoms with Gasteiger partial charge in [0.2, 0.25) is 0 Å². The van der Waals surface area contributed by atoms with Crippen LogP contribution in [0, 0.1) is 6.92 Å². The van der Waals surface area contributed by atoms with Crippen LogP contribution >= 0.6 is 0 Å². The van der Waals surface area contributed by atoms with Gasteiger partial charge in [0.15, 0.2) is 0 Å². The highest BCUT2D eigenvalue weighted by Crippen LogP contribution is 2.58. The molecule has 0 saturated heterocycles. The summed E-state index contributed by atoms with van der Waals surface area (Å²) in [5.41, 5.74) is 15.4. The Morgan fingerprint density at radius 2 is 1.15 bits per heavy atom. The molecule has 1 nitrogen and oxygen atoms in total. The summed E-state index contributed by atoms with van der Waals surface area (Å²) in [6.45, 7) is 2.26. The molecule has 0 spiro atoms. The highest BCUT2D eigenvalue weighted by molar-refractivity contribution is 6.12. The summed E-state index contributed by atoms with van der Waals surface area (Å²) in [6, 6.07) is 66.4. The van der Waals surface area contributed by atoms with Gasteiger partial charge in [-0.1, -0.05) is 170 Å². The fourth-order valence-corrected chi connectivity index (χ4v) is 8.92. The van der Waals surface area contributed by atoms with Gasteiger partial charge in [-0.2, -0.15) is 0 Å². The molecular weight excluding hydrogens is 629 g/mol. The number of allylic oxidation sites excluding steroid dienone is 1. The van der Waals surface area contributed by atoms with Crippen LogP contribution in [0.2, 0.25) is 0 Å². The smallest absolute Gasteiger partial charge is 0.136 e. The molecule has 1 aliphatic rings. The molecule has 0 atom stereocenters. The third-order valence-corrected chi connectivity index (χ3v) is 11.1. The molecule has 1 aromatic heterocycles. The molecule has 0 saturated carbocycles. The van der Waals surface area contributed by atoms with Gasteiger partial charge in [-0.25, -0.2) is 0 Å². The number of hydrogen-bond donors (Lipinski definition) is 0. The molecule has 1 heterocycles. The molecular formula is C51H36O. The van der Waals surface area contributed by atoms with Crippen LogP contribution in [0.25, 0.3) is 55.5 Å². The number of para-hydroxylation sites is 1. The Balaban J connectivity index is 1.28. The predicted octanol–water partition coefficient (Wildman–Crippen LogP) is 13.2. The van der Waals surface area contributed by atoms with Crippen LogP contribution in [0.1, 0.15) is 44.5 Å². The number of aryl methyl sites for hydroxylation is 1. The average Bonchev–Trinajstić information content (AvgIpc) is 3.72. The molecule has 52 heavy (non-hydrogen) atoms. The number of benzene rings is 8. The first-order valence-corrected chi connectivity index (χ1v) is 18.1. The summed E-state index contributed by atoms with van der Waals surface area (Å²) in [5, 5.41) is 4.92. The normalized spacial score (nSPS) is 13.4. The molecule has 0 bridgehead atoms. The van der Waals surface area contributed by atoms with Crippen LogP contribution in [0.3, 0.4) is 0 Å². The van der Waals surface area contributed by atoms with E-state index in [-0.39, 0.29) is 0 Å². The maximum Gasteiger partial charge on any atom is 0.136 e. The SMILES string of the molecule is Cc1cc2c(c3ccccc13)-c1ccc(/C=C(/Cc3ccccc3)c3cccc4oc5ccccc5c34)cc1C2(c1ccccc1)c1ccccc1. The maximum absolute atomic E-state index is 6.38. The van der Waals surface area contributed by atoms with Crippen molar-refractivity contribution in [3.05, 3.63) is 226 Å². The van der Waals surface area contributed by atoms with Crippen molar-refractivity contribution in [1.29, 1.82) is 0 Å². The molecule has 0 fully saturated rings. The van der Waals surface area contributed by atoms with Crippen LogP contribution < -0.4 is 0 Å². The highest BCUT2D eigenvalue weighted by Gasteiger charge is 2.47. The summed E-state index contributed by atoms with van der Waals surface area (Å²) in [7, 11) is 0. The minimum Gasteiger partial charge on any atom is -0.456 e. The Labute approximate surface area is 304 Å². The molecule has 0 unspecified atom stereocenters. The molecule has 10 rings (SSSR count). The van der Waals surface area contributed by atoms with Crippen molar-refractivity contribution in [3.8, 4) is 11.1 Å². The van der Waals surface area contributed by atoms with E-state index in [9.17, 15) is 0 Å². The van der Waals surface area contributed by atoms with Crippen molar-refractivity contribution in [1.82, 2.24) is 0 Å². The van der Waals surface area contributed by atoms with Gasteiger partial charge in [0.05, 0.1) is 5.41 Å². The average molecular weight is 665 g/mol. The van der Waals surface area contributed by atoms with Crippen LogP contribution in [-0.2, 0) is 11.8 Å². The van der Waals surface area contributed by atoms with Crippen molar-refractivity contribution < 1.29 is 4.42 Å². The topological polar surface area (TPSA) is 13.1 Å². The summed E-state index contributed by atoms with van der Waals surface area (Å²) >= 11 is 0. The first kappa shape index (κ1) is 30.4. The van der Waals surface area contributed by atoms with Crippen molar-refractivity contribution in [3.63, 3.8) is 0 Å². The second-order valence-corrected chi connectivity index (χ2v) is 14.1. The lowest BCUT2D eigenvalue weighted by Crippen LogP contribution is -2.28. The first-order valence-electron chi connectivity index (χ1n) is 18.1. The first-order chi connectivity index (χ1) is 25.7. The van der Waals surface area contributed by atoms with Crippen LogP contribution in [-0.4, -0.2) is 0 Å². The van der Waals surface area contributed by atoms with E-state index in [4.69, 9.17) is 4.42 Å². The lowest BCUT2D eigenvalue weighted by Gasteiger charge is -2.34. The summed E-state index contributed by atoms with van der Waals surface area (Å²) < 4.78 is 6.38. The number of hydrogen-bond acceptors (Lipinski definition) is 1. The van der Waals surface area contributed by atoms with Crippen LogP contribution in [0.4, 0.5) is 0 Å². The van der Waals surface area contributed by atoms with Gasteiger partial charge in [-0.05, 0) is 104 Å². The van der Waals surface area contributed by atoms with Crippen molar-refractivity contribution >= 4 is 44.4 Å². The molecule has 0 N–H and O–H groups in total. The molecule has 246 valence electrons. The number of furan rings is 1. The quantitative estimate of drug-likeness (QED) is 0.161. The van der Waals surface area contributed by atoms with Gasteiger partial charge >= 0.3 is 0 Å². The Bertz CT molecular complexity index is 2760. The van der Waals surface area contributed by atoms with E-state index in [1.807, 2.05) is 6.07 Å². The van der Waals surface area contributed by atoms with E-state index in [2.05, 4.69) is 189 Å². The van der Waals surface area contributed by atoms with Gasteiger partial charge < -0.3 is 4.42 Å². The second-order valence-electron chi connectivity index (χ2n) is 14.1. The summed E-state index contributed by atoms with van der Waals surface area (Å²) in [5.74, 6) is 0. The Kier molecular flexibility index (Phi) is 7.08. The Morgan fingerprint density at radius 1 is 0.538 bits per heavy atom. The third-order valence-electron chi connectivity index (χ3n) is 11.1. The molecule has 1 heteroatoms. The largest absolute Gasteiger partial charge is 0.456 e. The lowest BCUT2D eigenvalue weighted by molar-refractivity contribution is 0.669.